The first-order valence-corrected chi connectivity index (χ1v) is 12.8. The molecule has 3 aliphatic rings. The van der Waals surface area contributed by atoms with Crippen molar-refractivity contribution in [2.75, 3.05) is 6.26 Å². The van der Waals surface area contributed by atoms with Crippen LogP contribution in [0.1, 0.15) is 34.3 Å². The highest BCUT2D eigenvalue weighted by Crippen LogP contribution is 2.52. The van der Waals surface area contributed by atoms with E-state index in [0.717, 1.165) is 0 Å². The molecule has 1 heterocycles. The van der Waals surface area contributed by atoms with Gasteiger partial charge in [-0.15, -0.1) is 0 Å². The first kappa shape index (κ1) is 24.1. The van der Waals surface area contributed by atoms with Gasteiger partial charge in [0.25, 0.3) is 5.91 Å². The fourth-order valence-electron chi connectivity index (χ4n) is 5.76. The standard InChI is InChI=1S/C26H24N2O7S/c1-36-10-12-8-14(16-4-2-3-5-28-16)15-7-11-6-13-9-17(29)20(25(27)34)24(33)26(13,35)23(32)18(11)22(31)19(15)21(12)30/h2-5,8,11,13,29-30,32,35H,6-7,9-10H2,1H3,(H2,27,34)/t11-,13+,26+/m1/s1. The minimum absolute atomic E-state index is 0.00109. The first-order chi connectivity index (χ1) is 17.1. The highest BCUT2D eigenvalue weighted by molar-refractivity contribution is 7.97. The monoisotopic (exact) mass is 508 g/mol. The number of carbonyl (C=O) groups excluding carboxylic acids is 3. The number of primary amides is 1. The lowest BCUT2D eigenvalue weighted by Crippen LogP contribution is -2.57. The summed E-state index contributed by atoms with van der Waals surface area (Å²) in [6.45, 7) is 0. The van der Waals surface area contributed by atoms with E-state index in [-0.39, 0.29) is 36.1 Å². The van der Waals surface area contributed by atoms with Crippen molar-refractivity contribution in [2.45, 2.75) is 30.6 Å². The van der Waals surface area contributed by atoms with Crippen molar-refractivity contribution >= 4 is 29.2 Å². The Bertz CT molecular complexity index is 1400. The van der Waals surface area contributed by atoms with Gasteiger partial charge in [-0.3, -0.25) is 19.4 Å². The molecule has 10 heteroatoms. The molecular formula is C26H24N2O7S. The Morgan fingerprint density at radius 1 is 1.22 bits per heavy atom. The molecular weight excluding hydrogens is 484 g/mol. The number of pyridine rings is 1. The Morgan fingerprint density at radius 2 is 1.97 bits per heavy atom. The van der Waals surface area contributed by atoms with Gasteiger partial charge < -0.3 is 26.2 Å². The molecule has 36 heavy (non-hydrogen) atoms. The van der Waals surface area contributed by atoms with Crippen LogP contribution >= 0.6 is 11.8 Å². The number of nitrogens with two attached hydrogens (primary N) is 1. The number of hydrogen-bond donors (Lipinski definition) is 5. The summed E-state index contributed by atoms with van der Waals surface area (Å²) in [7, 11) is 0. The van der Waals surface area contributed by atoms with Gasteiger partial charge in [0.15, 0.2) is 11.4 Å². The van der Waals surface area contributed by atoms with Crippen molar-refractivity contribution in [3.05, 3.63) is 69.8 Å². The largest absolute Gasteiger partial charge is 0.511 e. The van der Waals surface area contributed by atoms with E-state index in [1.807, 2.05) is 18.4 Å². The number of aromatic hydroxyl groups is 1. The lowest BCUT2D eigenvalue weighted by atomic mass is 9.60. The van der Waals surface area contributed by atoms with Gasteiger partial charge in [0.05, 0.1) is 11.3 Å². The molecule has 9 nitrogen and oxygen atoms in total. The Morgan fingerprint density at radius 3 is 2.61 bits per heavy atom. The molecule has 0 unspecified atom stereocenters. The molecule has 0 bridgehead atoms. The number of aliphatic hydroxyl groups is 3. The van der Waals surface area contributed by atoms with E-state index in [2.05, 4.69) is 4.98 Å². The number of nitrogens with zero attached hydrogens (tertiary/aromatic N) is 1. The van der Waals surface area contributed by atoms with E-state index in [9.17, 15) is 34.8 Å². The zero-order chi connectivity index (χ0) is 25.9. The predicted octanol–water partition coefficient (Wildman–Crippen LogP) is 2.51. The molecule has 6 N–H and O–H groups in total. The number of carbonyl (C=O) groups is 3. The number of aromatic nitrogens is 1. The minimum atomic E-state index is -2.58. The SMILES string of the molecule is CSCc1cc(-c2ccccn2)c2c(c1O)C(=O)C1=C(O)[C@]3(O)C(=O)C(C(N)=O)=C(O)C[C@@H]3C[C@@H]1C2. The number of phenolic OH excluding ortho intramolecular Hbond substituents is 1. The van der Waals surface area contributed by atoms with Gasteiger partial charge in [0.2, 0.25) is 5.78 Å². The number of aliphatic hydroxyl groups excluding tert-OH is 2. The van der Waals surface area contributed by atoms with Gasteiger partial charge in [-0.25, -0.2) is 0 Å². The number of allylic oxidation sites excluding steroid dienone is 2. The van der Waals surface area contributed by atoms with Crippen molar-refractivity contribution in [3.8, 4) is 17.0 Å². The summed E-state index contributed by atoms with van der Waals surface area (Å²) in [5.41, 5.74) is 4.07. The van der Waals surface area contributed by atoms with E-state index in [4.69, 9.17) is 5.73 Å². The van der Waals surface area contributed by atoms with Crippen molar-refractivity contribution < 1.29 is 34.8 Å². The molecule has 0 aliphatic heterocycles. The van der Waals surface area contributed by atoms with Gasteiger partial charge in [0.1, 0.15) is 22.8 Å². The molecule has 2 aromatic rings. The topological polar surface area (TPSA) is 171 Å². The highest BCUT2D eigenvalue weighted by atomic mass is 32.2. The molecule has 3 atom stereocenters. The maximum atomic E-state index is 13.8. The lowest BCUT2D eigenvalue weighted by Gasteiger charge is -2.45. The number of phenols is 1. The number of thioether (sulfide) groups is 1. The van der Waals surface area contributed by atoms with Gasteiger partial charge >= 0.3 is 0 Å². The van der Waals surface area contributed by atoms with Crippen LogP contribution in [0, 0.1) is 11.8 Å². The molecule has 5 rings (SSSR count). The molecule has 0 spiro atoms. The van der Waals surface area contributed by atoms with Crippen molar-refractivity contribution in [1.29, 1.82) is 0 Å². The van der Waals surface area contributed by atoms with Crippen LogP contribution in [-0.2, 0) is 21.8 Å². The maximum absolute atomic E-state index is 13.8. The zero-order valence-corrected chi connectivity index (χ0v) is 20.1. The molecule has 1 aromatic heterocycles. The third-order valence-electron chi connectivity index (χ3n) is 7.38. The van der Waals surface area contributed by atoms with Gasteiger partial charge in [0, 0.05) is 41.0 Å². The van der Waals surface area contributed by atoms with Crippen LogP contribution in [0.3, 0.4) is 0 Å². The summed E-state index contributed by atoms with van der Waals surface area (Å²) in [5, 5.41) is 44.0. The van der Waals surface area contributed by atoms with Gasteiger partial charge in [-0.2, -0.15) is 11.8 Å². The van der Waals surface area contributed by atoms with Crippen LogP contribution in [0.5, 0.6) is 5.75 Å². The fraction of sp³-hybridized carbons (Fsp3) is 0.308. The summed E-state index contributed by atoms with van der Waals surface area (Å²) in [6, 6.07) is 7.20. The molecule has 0 radical (unpaired) electrons. The average molecular weight is 509 g/mol. The quantitative estimate of drug-likeness (QED) is 0.389. The maximum Gasteiger partial charge on any atom is 0.255 e. The second kappa shape index (κ2) is 8.49. The summed E-state index contributed by atoms with van der Waals surface area (Å²) >= 11 is 1.46. The van der Waals surface area contributed by atoms with E-state index in [1.165, 1.54) is 11.8 Å². The number of hydrogen-bond acceptors (Lipinski definition) is 9. The molecule has 3 aliphatic carbocycles. The van der Waals surface area contributed by atoms with Crippen LogP contribution < -0.4 is 5.73 Å². The first-order valence-electron chi connectivity index (χ1n) is 11.4. The number of fused-ring (bicyclic) bond motifs is 3. The van der Waals surface area contributed by atoms with Crippen LogP contribution in [-0.4, -0.2) is 54.7 Å². The van der Waals surface area contributed by atoms with Crippen LogP contribution in [0.4, 0.5) is 0 Å². The third kappa shape index (κ3) is 3.28. The van der Waals surface area contributed by atoms with E-state index >= 15 is 0 Å². The second-order valence-electron chi connectivity index (χ2n) is 9.34. The average Bonchev–Trinajstić information content (AvgIpc) is 2.83. The molecule has 0 saturated carbocycles. The van der Waals surface area contributed by atoms with Crippen molar-refractivity contribution in [2.24, 2.45) is 17.6 Å². The molecule has 0 saturated heterocycles. The fourth-order valence-corrected chi connectivity index (χ4v) is 6.29. The Hall–Kier alpha value is -3.63. The van der Waals surface area contributed by atoms with Crippen molar-refractivity contribution in [3.63, 3.8) is 0 Å². The molecule has 186 valence electrons. The number of ketones is 2. The summed E-state index contributed by atoms with van der Waals surface area (Å²) in [4.78, 5) is 43.1. The van der Waals surface area contributed by atoms with Crippen LogP contribution in [0.25, 0.3) is 11.3 Å². The Kier molecular flexibility index (Phi) is 5.68. The van der Waals surface area contributed by atoms with Gasteiger partial charge in [-0.05, 0) is 48.8 Å². The minimum Gasteiger partial charge on any atom is -0.511 e. The Balaban J connectivity index is 1.73. The normalized spacial score (nSPS) is 25.4. The summed E-state index contributed by atoms with van der Waals surface area (Å²) in [6.07, 6.45) is 3.53. The van der Waals surface area contributed by atoms with Gasteiger partial charge in [-0.1, -0.05) is 6.07 Å². The van der Waals surface area contributed by atoms with Crippen LogP contribution in [0.15, 0.2) is 53.1 Å². The molecule has 1 aromatic carbocycles. The van der Waals surface area contributed by atoms with E-state index < -0.39 is 52.0 Å². The Labute approximate surface area is 210 Å². The molecule has 1 amide bonds. The van der Waals surface area contributed by atoms with E-state index in [0.29, 0.717) is 28.1 Å². The summed E-state index contributed by atoms with van der Waals surface area (Å²) in [5.74, 6) is -5.95. The van der Waals surface area contributed by atoms with Crippen molar-refractivity contribution in [1.82, 2.24) is 4.98 Å². The zero-order valence-electron chi connectivity index (χ0n) is 19.3. The second-order valence-corrected chi connectivity index (χ2v) is 10.2. The number of Topliss-reactive ketones (excluding diaryl/α,β-unsaturated/α-hetero) is 2. The smallest absolute Gasteiger partial charge is 0.255 e. The lowest BCUT2D eigenvalue weighted by molar-refractivity contribution is -0.144. The molecule has 0 fully saturated rings. The van der Waals surface area contributed by atoms with E-state index in [1.54, 1.807) is 18.3 Å². The summed E-state index contributed by atoms with van der Waals surface area (Å²) < 4.78 is 0. The van der Waals surface area contributed by atoms with Crippen LogP contribution in [0.2, 0.25) is 0 Å². The highest BCUT2D eigenvalue weighted by Gasteiger charge is 2.59. The number of benzene rings is 1. The number of rotatable bonds is 4. The predicted molar refractivity (Wildman–Crippen MR) is 131 cm³/mol. The number of amides is 1. The third-order valence-corrected chi connectivity index (χ3v) is 7.98.